The number of hydrogen-bond donors (Lipinski definition) is 0. The Bertz CT molecular complexity index is 534. The monoisotopic (exact) mass is 266 g/mol. The first-order valence-electron chi connectivity index (χ1n) is 6.12. The van der Waals surface area contributed by atoms with Crippen molar-refractivity contribution >= 4 is 22.6 Å². The smallest absolute Gasteiger partial charge is 0.111 e. The molecule has 0 N–H and O–H groups in total. The summed E-state index contributed by atoms with van der Waals surface area (Å²) in [7, 11) is 1.72. The molecule has 1 aromatic heterocycles. The van der Waals surface area contributed by atoms with Crippen LogP contribution in [0.5, 0.6) is 0 Å². The molecule has 0 amide bonds. The molecule has 4 heteroatoms. The molecule has 2 aromatic rings. The molecule has 0 aliphatic heterocycles. The van der Waals surface area contributed by atoms with Crippen molar-refractivity contribution in [3.8, 4) is 0 Å². The zero-order chi connectivity index (χ0) is 13.2. The summed E-state index contributed by atoms with van der Waals surface area (Å²) in [4.78, 5) is 4.67. The van der Waals surface area contributed by atoms with Gasteiger partial charge in [0.25, 0.3) is 0 Å². The van der Waals surface area contributed by atoms with Crippen LogP contribution in [0.3, 0.4) is 0 Å². The Labute approximate surface area is 113 Å². The molecule has 0 atom stereocenters. The van der Waals surface area contributed by atoms with Crippen LogP contribution in [0.2, 0.25) is 0 Å². The summed E-state index contributed by atoms with van der Waals surface area (Å²) in [6.07, 6.45) is 0.767. The van der Waals surface area contributed by atoms with Gasteiger partial charge in [-0.25, -0.2) is 4.98 Å². The third kappa shape index (κ3) is 2.38. The summed E-state index contributed by atoms with van der Waals surface area (Å²) < 4.78 is 7.58. The maximum Gasteiger partial charge on any atom is 0.111 e. The van der Waals surface area contributed by atoms with Gasteiger partial charge in [-0.2, -0.15) is 0 Å². The summed E-state index contributed by atoms with van der Waals surface area (Å²) in [5, 5.41) is 0. The van der Waals surface area contributed by atoms with E-state index in [2.05, 4.69) is 29.5 Å². The Morgan fingerprint density at radius 2 is 2.06 bits per heavy atom. The van der Waals surface area contributed by atoms with Crippen molar-refractivity contribution in [2.45, 2.75) is 25.8 Å². The molecule has 0 fully saturated rings. The average molecular weight is 267 g/mol. The number of halogens is 1. The number of alkyl halides is 1. The van der Waals surface area contributed by atoms with Crippen LogP contribution in [-0.4, -0.2) is 29.1 Å². The van der Waals surface area contributed by atoms with Gasteiger partial charge in [0.2, 0.25) is 0 Å². The number of para-hydroxylation sites is 2. The number of hydrogen-bond acceptors (Lipinski definition) is 2. The van der Waals surface area contributed by atoms with E-state index in [-0.39, 0.29) is 5.54 Å². The molecule has 0 unspecified atom stereocenters. The number of ether oxygens (including phenoxy) is 1. The molecule has 98 valence electrons. The Kier molecular flexibility index (Phi) is 3.93. The SMILES string of the molecule is COCC(C)(C)n1c(CCCl)nc2ccccc21. The number of benzene rings is 1. The fourth-order valence-electron chi connectivity index (χ4n) is 2.42. The summed E-state index contributed by atoms with van der Waals surface area (Å²) in [5.41, 5.74) is 2.02. The van der Waals surface area contributed by atoms with Crippen molar-refractivity contribution in [2.75, 3.05) is 19.6 Å². The van der Waals surface area contributed by atoms with Gasteiger partial charge in [-0.3, -0.25) is 0 Å². The first-order valence-corrected chi connectivity index (χ1v) is 6.65. The lowest BCUT2D eigenvalue weighted by Crippen LogP contribution is -2.33. The van der Waals surface area contributed by atoms with E-state index in [9.17, 15) is 0 Å². The molecular weight excluding hydrogens is 248 g/mol. The normalized spacial score (nSPS) is 12.2. The minimum atomic E-state index is -0.133. The van der Waals surface area contributed by atoms with Crippen LogP contribution in [0.15, 0.2) is 24.3 Å². The molecule has 0 saturated carbocycles. The van der Waals surface area contributed by atoms with Gasteiger partial charge in [0.15, 0.2) is 0 Å². The number of imidazole rings is 1. The zero-order valence-corrected chi connectivity index (χ0v) is 11.9. The van der Waals surface area contributed by atoms with Gasteiger partial charge in [-0.1, -0.05) is 12.1 Å². The van der Waals surface area contributed by atoms with Gasteiger partial charge in [-0.15, -0.1) is 11.6 Å². The minimum Gasteiger partial charge on any atom is -0.382 e. The summed E-state index contributed by atoms with van der Waals surface area (Å²) in [6, 6.07) is 8.17. The summed E-state index contributed by atoms with van der Waals surface area (Å²) >= 11 is 5.88. The molecule has 0 saturated heterocycles. The number of methoxy groups -OCH3 is 1. The lowest BCUT2D eigenvalue weighted by molar-refractivity contribution is 0.110. The van der Waals surface area contributed by atoms with Gasteiger partial charge < -0.3 is 9.30 Å². The molecule has 2 rings (SSSR count). The molecule has 1 aromatic carbocycles. The third-order valence-corrected chi connectivity index (χ3v) is 3.24. The number of nitrogens with zero attached hydrogens (tertiary/aromatic N) is 2. The van der Waals surface area contributed by atoms with Crippen LogP contribution in [0.4, 0.5) is 0 Å². The minimum absolute atomic E-state index is 0.133. The van der Waals surface area contributed by atoms with E-state index in [1.807, 2.05) is 18.2 Å². The highest BCUT2D eigenvalue weighted by Crippen LogP contribution is 2.26. The second kappa shape index (κ2) is 5.29. The predicted molar refractivity (Wildman–Crippen MR) is 75.4 cm³/mol. The molecule has 0 spiro atoms. The van der Waals surface area contributed by atoms with Crippen LogP contribution >= 0.6 is 11.6 Å². The van der Waals surface area contributed by atoms with Gasteiger partial charge in [0, 0.05) is 19.4 Å². The molecule has 3 nitrogen and oxygen atoms in total. The first-order chi connectivity index (χ1) is 8.60. The maximum absolute atomic E-state index is 5.88. The largest absolute Gasteiger partial charge is 0.382 e. The van der Waals surface area contributed by atoms with Crippen LogP contribution in [0, 0.1) is 0 Å². The van der Waals surface area contributed by atoms with Crippen molar-refractivity contribution in [2.24, 2.45) is 0 Å². The Hall–Kier alpha value is -1.06. The summed E-state index contributed by atoms with van der Waals surface area (Å²) in [6.45, 7) is 4.95. The topological polar surface area (TPSA) is 27.1 Å². The number of aryl methyl sites for hydroxylation is 1. The average Bonchev–Trinajstić information content (AvgIpc) is 2.67. The molecule has 1 heterocycles. The maximum atomic E-state index is 5.88. The van der Waals surface area contributed by atoms with E-state index >= 15 is 0 Å². The van der Waals surface area contributed by atoms with Crippen LogP contribution in [-0.2, 0) is 16.7 Å². The quantitative estimate of drug-likeness (QED) is 0.777. The Balaban J connectivity index is 2.61. The lowest BCUT2D eigenvalue weighted by atomic mass is 10.1. The first kappa shape index (κ1) is 13.4. The van der Waals surface area contributed by atoms with E-state index in [4.69, 9.17) is 16.3 Å². The second-order valence-electron chi connectivity index (χ2n) is 5.04. The molecule has 0 aliphatic carbocycles. The number of fused-ring (bicyclic) bond motifs is 1. The van der Waals surface area contributed by atoms with Crippen LogP contribution in [0.1, 0.15) is 19.7 Å². The molecule has 0 bridgehead atoms. The van der Waals surface area contributed by atoms with Crippen LogP contribution < -0.4 is 0 Å². The fourth-order valence-corrected chi connectivity index (χ4v) is 2.59. The highest BCUT2D eigenvalue weighted by atomic mass is 35.5. The lowest BCUT2D eigenvalue weighted by Gasteiger charge is -2.28. The van der Waals surface area contributed by atoms with Gasteiger partial charge in [-0.05, 0) is 26.0 Å². The molecule has 0 aliphatic rings. The van der Waals surface area contributed by atoms with Crippen LogP contribution in [0.25, 0.3) is 11.0 Å². The van der Waals surface area contributed by atoms with E-state index in [0.717, 1.165) is 23.3 Å². The molecule has 0 radical (unpaired) electrons. The molecular formula is C14H19ClN2O. The highest BCUT2D eigenvalue weighted by Gasteiger charge is 2.25. The Morgan fingerprint density at radius 1 is 1.33 bits per heavy atom. The fraction of sp³-hybridized carbons (Fsp3) is 0.500. The van der Waals surface area contributed by atoms with Crippen molar-refractivity contribution in [3.05, 3.63) is 30.1 Å². The summed E-state index contributed by atoms with van der Waals surface area (Å²) in [5.74, 6) is 1.60. The number of rotatable bonds is 5. The molecule has 18 heavy (non-hydrogen) atoms. The van der Waals surface area contributed by atoms with E-state index in [1.165, 1.54) is 0 Å². The Morgan fingerprint density at radius 3 is 2.72 bits per heavy atom. The van der Waals surface area contributed by atoms with Crippen molar-refractivity contribution in [1.29, 1.82) is 0 Å². The number of aromatic nitrogens is 2. The van der Waals surface area contributed by atoms with Crippen molar-refractivity contribution in [1.82, 2.24) is 9.55 Å². The van der Waals surface area contributed by atoms with Crippen molar-refractivity contribution < 1.29 is 4.74 Å². The van der Waals surface area contributed by atoms with Gasteiger partial charge >= 0.3 is 0 Å². The second-order valence-corrected chi connectivity index (χ2v) is 5.41. The van der Waals surface area contributed by atoms with Crippen molar-refractivity contribution in [3.63, 3.8) is 0 Å². The van der Waals surface area contributed by atoms with E-state index in [0.29, 0.717) is 12.5 Å². The highest BCUT2D eigenvalue weighted by molar-refractivity contribution is 6.17. The predicted octanol–water partition coefficient (Wildman–Crippen LogP) is 3.20. The van der Waals surface area contributed by atoms with E-state index in [1.54, 1.807) is 7.11 Å². The zero-order valence-electron chi connectivity index (χ0n) is 11.1. The standard InChI is InChI=1S/C14H19ClN2O/c1-14(2,10-18-3)17-12-7-5-4-6-11(12)16-13(17)8-9-15/h4-7H,8-10H2,1-3H3. The van der Waals surface area contributed by atoms with E-state index < -0.39 is 0 Å². The van der Waals surface area contributed by atoms with Gasteiger partial charge in [0.1, 0.15) is 5.82 Å². The van der Waals surface area contributed by atoms with Gasteiger partial charge in [0.05, 0.1) is 23.2 Å². The third-order valence-electron chi connectivity index (χ3n) is 3.05.